The molecule has 0 aromatic rings. The molecule has 0 saturated heterocycles. The first kappa shape index (κ1) is 20.5. The minimum Gasteiger partial charge on any atom is -0.481 e. The summed E-state index contributed by atoms with van der Waals surface area (Å²) in [6.45, 7) is 0.443. The van der Waals surface area contributed by atoms with E-state index in [4.69, 9.17) is 0 Å². The van der Waals surface area contributed by atoms with Gasteiger partial charge in [-0.05, 0) is 32.1 Å². The first-order valence-electron chi connectivity index (χ1n) is 10.1. The monoisotopic (exact) mass is 367 g/mol. The first-order chi connectivity index (χ1) is 12.6. The number of carboxylic acid groups (broad SMARTS) is 1. The van der Waals surface area contributed by atoms with Gasteiger partial charge in [-0.3, -0.25) is 9.59 Å². The molecular weight excluding hydrogens is 334 g/mol. The molecule has 2 aliphatic carbocycles. The molecule has 2 aliphatic rings. The number of carbonyl (C=O) groups excluding carboxylic acids is 2. The highest BCUT2D eigenvalue weighted by atomic mass is 16.4. The van der Waals surface area contributed by atoms with Crippen LogP contribution in [0.25, 0.3) is 0 Å². The molecule has 0 unspecified atom stereocenters. The second kappa shape index (κ2) is 11.0. The summed E-state index contributed by atoms with van der Waals surface area (Å²) in [7, 11) is 0. The Morgan fingerprint density at radius 3 is 2.19 bits per heavy atom. The van der Waals surface area contributed by atoms with Crippen molar-refractivity contribution in [1.29, 1.82) is 0 Å². The molecule has 7 nitrogen and oxygen atoms in total. The molecule has 0 heterocycles. The van der Waals surface area contributed by atoms with Gasteiger partial charge in [0.1, 0.15) is 0 Å². The molecule has 7 heteroatoms. The maximum Gasteiger partial charge on any atom is 0.315 e. The van der Waals surface area contributed by atoms with Crippen molar-refractivity contribution >= 4 is 17.9 Å². The smallest absolute Gasteiger partial charge is 0.315 e. The van der Waals surface area contributed by atoms with Crippen LogP contribution in [-0.2, 0) is 9.59 Å². The first-order valence-corrected chi connectivity index (χ1v) is 10.1. The van der Waals surface area contributed by atoms with Gasteiger partial charge in [-0.2, -0.15) is 0 Å². The molecule has 0 bridgehead atoms. The van der Waals surface area contributed by atoms with E-state index in [1.54, 1.807) is 0 Å². The predicted octanol–water partition coefficient (Wildman–Crippen LogP) is 2.55. The van der Waals surface area contributed by atoms with Gasteiger partial charge in [0.25, 0.3) is 0 Å². The van der Waals surface area contributed by atoms with E-state index < -0.39 is 11.9 Å². The molecule has 148 valence electrons. The molecule has 4 N–H and O–H groups in total. The Kier molecular flexibility index (Phi) is 8.71. The van der Waals surface area contributed by atoms with Crippen molar-refractivity contribution in [3.8, 4) is 0 Å². The lowest BCUT2D eigenvalue weighted by molar-refractivity contribution is -0.143. The van der Waals surface area contributed by atoms with Crippen LogP contribution in [0.15, 0.2) is 0 Å². The third kappa shape index (κ3) is 7.22. The molecule has 2 atom stereocenters. The number of carboxylic acids is 1. The minimum atomic E-state index is -0.821. The number of hydrogen-bond donors (Lipinski definition) is 4. The van der Waals surface area contributed by atoms with Crippen molar-refractivity contribution in [2.75, 3.05) is 6.54 Å². The fourth-order valence-electron chi connectivity index (χ4n) is 3.99. The molecule has 0 aromatic heterocycles. The maximum atomic E-state index is 12.1. The van der Waals surface area contributed by atoms with Crippen LogP contribution in [0.4, 0.5) is 4.79 Å². The van der Waals surface area contributed by atoms with Crippen molar-refractivity contribution in [2.45, 2.75) is 89.1 Å². The number of aliphatic carboxylic acids is 1. The van der Waals surface area contributed by atoms with E-state index >= 15 is 0 Å². The van der Waals surface area contributed by atoms with E-state index in [0.29, 0.717) is 25.8 Å². The summed E-state index contributed by atoms with van der Waals surface area (Å²) in [4.78, 5) is 35.4. The lowest BCUT2D eigenvalue weighted by atomic mass is 9.94. The summed E-state index contributed by atoms with van der Waals surface area (Å²) in [5.41, 5.74) is 0. The van der Waals surface area contributed by atoms with E-state index in [9.17, 15) is 19.5 Å². The Morgan fingerprint density at radius 1 is 0.846 bits per heavy atom. The summed E-state index contributed by atoms with van der Waals surface area (Å²) < 4.78 is 0. The lowest BCUT2D eigenvalue weighted by Crippen LogP contribution is -2.44. The number of amides is 3. The van der Waals surface area contributed by atoms with Crippen molar-refractivity contribution in [1.82, 2.24) is 16.0 Å². The molecule has 0 aliphatic heterocycles. The highest BCUT2D eigenvalue weighted by molar-refractivity contribution is 5.78. The Morgan fingerprint density at radius 2 is 1.50 bits per heavy atom. The fraction of sp³-hybridized carbons (Fsp3) is 0.842. The summed E-state index contributed by atoms with van der Waals surface area (Å²) in [5.74, 6) is -1.43. The van der Waals surface area contributed by atoms with Crippen LogP contribution in [-0.4, -0.2) is 41.6 Å². The van der Waals surface area contributed by atoms with Gasteiger partial charge in [-0.1, -0.05) is 38.5 Å². The Bertz CT molecular complexity index is 477. The highest BCUT2D eigenvalue weighted by Crippen LogP contribution is 2.24. The van der Waals surface area contributed by atoms with Gasteiger partial charge in [0.15, 0.2) is 0 Å². The molecule has 0 radical (unpaired) electrons. The Labute approximate surface area is 155 Å². The van der Waals surface area contributed by atoms with E-state index in [1.165, 1.54) is 19.3 Å². The molecular formula is C19H33N3O4. The number of rotatable bonds is 7. The van der Waals surface area contributed by atoms with E-state index in [1.807, 2.05) is 0 Å². The zero-order valence-electron chi connectivity index (χ0n) is 15.6. The Hall–Kier alpha value is -1.79. The second-order valence-electron chi connectivity index (χ2n) is 7.60. The van der Waals surface area contributed by atoms with E-state index in [2.05, 4.69) is 16.0 Å². The summed E-state index contributed by atoms with van der Waals surface area (Å²) in [6.07, 6.45) is 10.8. The minimum absolute atomic E-state index is 0.127. The standard InChI is InChI=1S/C19H33N3O4/c23-17(22-16-11-6-2-5-10-15(16)18(24)25)12-7-13-20-19(26)21-14-8-3-1-4-9-14/h14-16H,1-13H2,(H,22,23)(H,24,25)(H2,20,21,26)/t15-,16+/m1/s1. The SMILES string of the molecule is O=C(CCCNC(=O)NC1CCCCC1)N[C@H]1CCCCC[C@H]1C(=O)O. The second-order valence-corrected chi connectivity index (χ2v) is 7.60. The number of hydrogen-bond acceptors (Lipinski definition) is 3. The Balaban J connectivity index is 1.61. The van der Waals surface area contributed by atoms with Crippen LogP contribution in [0.1, 0.15) is 77.0 Å². The maximum absolute atomic E-state index is 12.1. The fourth-order valence-corrected chi connectivity index (χ4v) is 3.99. The van der Waals surface area contributed by atoms with Gasteiger partial charge >= 0.3 is 12.0 Å². The third-order valence-electron chi connectivity index (χ3n) is 5.49. The van der Waals surface area contributed by atoms with Crippen LogP contribution >= 0.6 is 0 Å². The van der Waals surface area contributed by atoms with Crippen molar-refractivity contribution in [2.24, 2.45) is 5.92 Å². The van der Waals surface area contributed by atoms with Crippen LogP contribution in [0.5, 0.6) is 0 Å². The topological polar surface area (TPSA) is 108 Å². The average Bonchev–Trinajstić information content (AvgIpc) is 2.85. The van der Waals surface area contributed by atoms with Gasteiger partial charge in [0, 0.05) is 25.0 Å². The van der Waals surface area contributed by atoms with Gasteiger partial charge in [-0.15, -0.1) is 0 Å². The van der Waals surface area contributed by atoms with Crippen LogP contribution < -0.4 is 16.0 Å². The largest absolute Gasteiger partial charge is 0.481 e. The van der Waals surface area contributed by atoms with Crippen molar-refractivity contribution < 1.29 is 19.5 Å². The normalized spacial score (nSPS) is 24.3. The molecule has 3 amide bonds. The quantitative estimate of drug-likeness (QED) is 0.410. The summed E-state index contributed by atoms with van der Waals surface area (Å²) in [6, 6.07) is -0.160. The summed E-state index contributed by atoms with van der Waals surface area (Å²) in [5, 5.41) is 18.0. The zero-order chi connectivity index (χ0) is 18.8. The highest BCUT2D eigenvalue weighted by Gasteiger charge is 2.30. The van der Waals surface area contributed by atoms with Crippen molar-refractivity contribution in [3.05, 3.63) is 0 Å². The van der Waals surface area contributed by atoms with E-state index in [-0.39, 0.29) is 24.0 Å². The van der Waals surface area contributed by atoms with Gasteiger partial charge in [0.05, 0.1) is 5.92 Å². The van der Waals surface area contributed by atoms with Gasteiger partial charge in [0.2, 0.25) is 5.91 Å². The molecule has 2 rings (SSSR count). The number of urea groups is 1. The van der Waals surface area contributed by atoms with Crippen LogP contribution in [0.3, 0.4) is 0 Å². The number of nitrogens with one attached hydrogen (secondary N) is 3. The van der Waals surface area contributed by atoms with Gasteiger partial charge < -0.3 is 21.1 Å². The zero-order valence-corrected chi connectivity index (χ0v) is 15.6. The molecule has 2 fully saturated rings. The molecule has 2 saturated carbocycles. The van der Waals surface area contributed by atoms with Crippen molar-refractivity contribution in [3.63, 3.8) is 0 Å². The van der Waals surface area contributed by atoms with E-state index in [0.717, 1.165) is 38.5 Å². The number of carbonyl (C=O) groups is 3. The third-order valence-corrected chi connectivity index (χ3v) is 5.49. The van der Waals surface area contributed by atoms with Crippen LogP contribution in [0.2, 0.25) is 0 Å². The molecule has 26 heavy (non-hydrogen) atoms. The summed E-state index contributed by atoms with van der Waals surface area (Å²) >= 11 is 0. The average molecular weight is 367 g/mol. The molecule has 0 spiro atoms. The predicted molar refractivity (Wildman–Crippen MR) is 98.8 cm³/mol. The van der Waals surface area contributed by atoms with Gasteiger partial charge in [-0.25, -0.2) is 4.79 Å². The van der Waals surface area contributed by atoms with Crippen LogP contribution in [0, 0.1) is 5.92 Å². The lowest BCUT2D eigenvalue weighted by Gasteiger charge is -2.23. The molecule has 0 aromatic carbocycles.